The number of hydrogen-bond acceptors (Lipinski definition) is 2. The van der Waals surface area contributed by atoms with Crippen molar-refractivity contribution in [3.63, 3.8) is 0 Å². The molecule has 2 rings (SSSR count). The summed E-state index contributed by atoms with van der Waals surface area (Å²) in [5.41, 5.74) is 0.635. The van der Waals surface area contributed by atoms with Crippen LogP contribution in [-0.2, 0) is 0 Å². The number of carbonyl (C=O) groups is 1. The van der Waals surface area contributed by atoms with E-state index in [9.17, 15) is 4.79 Å². The van der Waals surface area contributed by atoms with Gasteiger partial charge >= 0.3 is 0 Å². The first-order chi connectivity index (χ1) is 7.16. The van der Waals surface area contributed by atoms with Gasteiger partial charge in [-0.1, -0.05) is 0 Å². The van der Waals surface area contributed by atoms with Crippen molar-refractivity contribution in [2.45, 2.75) is 12.8 Å². The number of phenolic OH excluding ortho intramolecular Hbond substituents is 1. The van der Waals surface area contributed by atoms with Gasteiger partial charge in [0, 0.05) is 19.2 Å². The summed E-state index contributed by atoms with van der Waals surface area (Å²) in [6.07, 6.45) is 2.49. The fourth-order valence-electron chi connectivity index (χ4n) is 1.60. The van der Waals surface area contributed by atoms with Gasteiger partial charge in [-0.3, -0.25) is 4.79 Å². The molecule has 1 aromatic rings. The van der Waals surface area contributed by atoms with Gasteiger partial charge in [-0.25, -0.2) is 0 Å². The number of aromatic hydroxyl groups is 1. The molecule has 0 spiro atoms. The Kier molecular flexibility index (Phi) is 2.62. The SMILES string of the molecule is CN(CC1CC1)C(=O)c1ccc(O)cc1. The minimum atomic E-state index is 0.0295. The fourth-order valence-corrected chi connectivity index (χ4v) is 1.60. The molecule has 0 heterocycles. The summed E-state index contributed by atoms with van der Waals surface area (Å²) in [5.74, 6) is 0.925. The summed E-state index contributed by atoms with van der Waals surface area (Å²) in [5, 5.41) is 9.11. The lowest BCUT2D eigenvalue weighted by Gasteiger charge is -2.16. The Labute approximate surface area is 89.3 Å². The minimum absolute atomic E-state index is 0.0295. The Morgan fingerprint density at radius 3 is 2.53 bits per heavy atom. The van der Waals surface area contributed by atoms with E-state index in [0.29, 0.717) is 11.5 Å². The third-order valence-corrected chi connectivity index (χ3v) is 2.69. The van der Waals surface area contributed by atoms with Crippen LogP contribution in [0.15, 0.2) is 24.3 Å². The van der Waals surface area contributed by atoms with E-state index in [2.05, 4.69) is 0 Å². The Morgan fingerprint density at radius 2 is 2.00 bits per heavy atom. The molecule has 0 bridgehead atoms. The van der Waals surface area contributed by atoms with Crippen LogP contribution >= 0.6 is 0 Å². The van der Waals surface area contributed by atoms with Crippen LogP contribution in [0.2, 0.25) is 0 Å². The largest absolute Gasteiger partial charge is 0.508 e. The van der Waals surface area contributed by atoms with Crippen LogP contribution in [0.25, 0.3) is 0 Å². The lowest BCUT2D eigenvalue weighted by Crippen LogP contribution is -2.28. The van der Waals surface area contributed by atoms with Crippen molar-refractivity contribution in [1.82, 2.24) is 4.90 Å². The molecule has 0 radical (unpaired) electrons. The van der Waals surface area contributed by atoms with E-state index in [1.807, 2.05) is 7.05 Å². The molecule has 1 aliphatic carbocycles. The number of rotatable bonds is 3. The molecule has 1 aromatic carbocycles. The predicted octanol–water partition coefficient (Wildman–Crippen LogP) is 1.87. The standard InChI is InChI=1S/C12H15NO2/c1-13(8-9-2-3-9)12(15)10-4-6-11(14)7-5-10/h4-7,9,14H,2-3,8H2,1H3. The summed E-state index contributed by atoms with van der Waals surface area (Å²) in [6, 6.07) is 6.39. The van der Waals surface area contributed by atoms with Crippen LogP contribution in [0.4, 0.5) is 0 Å². The van der Waals surface area contributed by atoms with E-state index in [4.69, 9.17) is 5.11 Å². The van der Waals surface area contributed by atoms with Crippen LogP contribution in [0.5, 0.6) is 5.75 Å². The molecule has 0 saturated heterocycles. The van der Waals surface area contributed by atoms with Crippen molar-refractivity contribution in [3.05, 3.63) is 29.8 Å². The maximum atomic E-state index is 11.9. The van der Waals surface area contributed by atoms with Gasteiger partial charge < -0.3 is 10.0 Å². The van der Waals surface area contributed by atoms with Gasteiger partial charge in [-0.15, -0.1) is 0 Å². The van der Waals surface area contributed by atoms with E-state index >= 15 is 0 Å². The zero-order chi connectivity index (χ0) is 10.8. The second-order valence-corrected chi connectivity index (χ2v) is 4.18. The number of benzene rings is 1. The van der Waals surface area contributed by atoms with E-state index in [1.54, 1.807) is 17.0 Å². The summed E-state index contributed by atoms with van der Waals surface area (Å²) < 4.78 is 0. The Morgan fingerprint density at radius 1 is 1.40 bits per heavy atom. The van der Waals surface area contributed by atoms with Crippen molar-refractivity contribution >= 4 is 5.91 Å². The molecule has 3 nitrogen and oxygen atoms in total. The van der Waals surface area contributed by atoms with Gasteiger partial charge in [-0.2, -0.15) is 0 Å². The molecule has 80 valence electrons. The maximum absolute atomic E-state index is 11.9. The normalized spacial score (nSPS) is 15.0. The molecule has 0 aromatic heterocycles. The van der Waals surface area contributed by atoms with E-state index < -0.39 is 0 Å². The van der Waals surface area contributed by atoms with Crippen molar-refractivity contribution < 1.29 is 9.90 Å². The van der Waals surface area contributed by atoms with Crippen molar-refractivity contribution in [3.8, 4) is 5.75 Å². The zero-order valence-electron chi connectivity index (χ0n) is 8.81. The molecule has 0 unspecified atom stereocenters. The van der Waals surface area contributed by atoms with Gasteiger partial charge in [-0.05, 0) is 43.0 Å². The number of carbonyl (C=O) groups excluding carboxylic acids is 1. The van der Waals surface area contributed by atoms with Gasteiger partial charge in [0.25, 0.3) is 5.91 Å². The summed E-state index contributed by atoms with van der Waals surface area (Å²) in [4.78, 5) is 13.6. The molecule has 15 heavy (non-hydrogen) atoms. The van der Waals surface area contributed by atoms with Crippen molar-refractivity contribution in [1.29, 1.82) is 0 Å². The molecule has 0 atom stereocenters. The molecule has 1 N–H and O–H groups in total. The second-order valence-electron chi connectivity index (χ2n) is 4.18. The van der Waals surface area contributed by atoms with Crippen LogP contribution in [0.1, 0.15) is 23.2 Å². The molecule has 3 heteroatoms. The maximum Gasteiger partial charge on any atom is 0.253 e. The Bertz CT molecular complexity index is 354. The number of amides is 1. The molecule has 1 saturated carbocycles. The molecule has 1 fully saturated rings. The van der Waals surface area contributed by atoms with E-state index in [0.717, 1.165) is 6.54 Å². The monoisotopic (exact) mass is 205 g/mol. The quantitative estimate of drug-likeness (QED) is 0.818. The van der Waals surface area contributed by atoms with Gasteiger partial charge in [0.15, 0.2) is 0 Å². The van der Waals surface area contributed by atoms with Crippen LogP contribution < -0.4 is 0 Å². The molecular formula is C12H15NO2. The van der Waals surface area contributed by atoms with Crippen LogP contribution in [0.3, 0.4) is 0 Å². The predicted molar refractivity (Wildman–Crippen MR) is 57.8 cm³/mol. The highest BCUT2D eigenvalue weighted by Gasteiger charge is 2.25. The second kappa shape index (κ2) is 3.93. The Balaban J connectivity index is 2.02. The van der Waals surface area contributed by atoms with Crippen molar-refractivity contribution in [2.75, 3.05) is 13.6 Å². The smallest absolute Gasteiger partial charge is 0.253 e. The van der Waals surface area contributed by atoms with E-state index in [1.165, 1.54) is 25.0 Å². The van der Waals surface area contributed by atoms with Gasteiger partial charge in [0.1, 0.15) is 5.75 Å². The molecular weight excluding hydrogens is 190 g/mol. The molecule has 1 aliphatic rings. The number of nitrogens with zero attached hydrogens (tertiary/aromatic N) is 1. The van der Waals surface area contributed by atoms with Crippen molar-refractivity contribution in [2.24, 2.45) is 5.92 Å². The van der Waals surface area contributed by atoms with Crippen LogP contribution in [0, 0.1) is 5.92 Å². The van der Waals surface area contributed by atoms with E-state index in [-0.39, 0.29) is 11.7 Å². The summed E-state index contributed by atoms with van der Waals surface area (Å²) in [6.45, 7) is 0.847. The minimum Gasteiger partial charge on any atom is -0.508 e. The first-order valence-corrected chi connectivity index (χ1v) is 5.21. The highest BCUT2D eigenvalue weighted by atomic mass is 16.3. The topological polar surface area (TPSA) is 40.5 Å². The number of phenols is 1. The lowest BCUT2D eigenvalue weighted by molar-refractivity contribution is 0.0788. The molecule has 0 aliphatic heterocycles. The first-order valence-electron chi connectivity index (χ1n) is 5.21. The lowest BCUT2D eigenvalue weighted by atomic mass is 10.2. The average molecular weight is 205 g/mol. The zero-order valence-corrected chi connectivity index (χ0v) is 8.81. The highest BCUT2D eigenvalue weighted by Crippen LogP contribution is 2.29. The Hall–Kier alpha value is -1.51. The average Bonchev–Trinajstić information content (AvgIpc) is 3.02. The number of hydrogen-bond donors (Lipinski definition) is 1. The van der Waals surface area contributed by atoms with Crippen LogP contribution in [-0.4, -0.2) is 29.5 Å². The first kappa shape index (κ1) is 10.0. The van der Waals surface area contributed by atoms with Gasteiger partial charge in [0.05, 0.1) is 0 Å². The summed E-state index contributed by atoms with van der Waals surface area (Å²) in [7, 11) is 1.83. The fraction of sp³-hybridized carbons (Fsp3) is 0.417. The van der Waals surface area contributed by atoms with Gasteiger partial charge in [0.2, 0.25) is 0 Å². The highest BCUT2D eigenvalue weighted by molar-refractivity contribution is 5.94. The summed E-state index contributed by atoms with van der Waals surface area (Å²) >= 11 is 0. The third-order valence-electron chi connectivity index (χ3n) is 2.69. The third kappa shape index (κ3) is 2.49. The molecule has 1 amide bonds.